The third-order valence-corrected chi connectivity index (χ3v) is 3.51. The first-order valence-electron chi connectivity index (χ1n) is 7.18. The molecule has 2 heterocycles. The van der Waals surface area contributed by atoms with E-state index in [1.807, 2.05) is 13.1 Å². The SMILES string of the molecule is CC(N)Cc1ccc(N(C)CC2CCCCO2)nc1. The summed E-state index contributed by atoms with van der Waals surface area (Å²) in [5.41, 5.74) is 6.99. The second-order valence-corrected chi connectivity index (χ2v) is 5.58. The Morgan fingerprint density at radius 3 is 2.89 bits per heavy atom. The second kappa shape index (κ2) is 6.87. The molecule has 1 fully saturated rings. The van der Waals surface area contributed by atoms with E-state index >= 15 is 0 Å². The van der Waals surface area contributed by atoms with Crippen LogP contribution in [0.1, 0.15) is 31.7 Å². The lowest BCUT2D eigenvalue weighted by Crippen LogP contribution is -2.33. The number of ether oxygens (including phenoxy) is 1. The molecule has 4 nitrogen and oxygen atoms in total. The van der Waals surface area contributed by atoms with Crippen molar-refractivity contribution < 1.29 is 4.74 Å². The molecule has 1 aromatic heterocycles. The molecular formula is C15H25N3O. The van der Waals surface area contributed by atoms with Gasteiger partial charge in [-0.25, -0.2) is 4.98 Å². The highest BCUT2D eigenvalue weighted by Crippen LogP contribution is 2.17. The van der Waals surface area contributed by atoms with Crippen LogP contribution in [0.25, 0.3) is 0 Å². The number of anilines is 1. The number of nitrogens with two attached hydrogens (primary N) is 1. The molecule has 1 saturated heterocycles. The predicted octanol–water partition coefficient (Wildman–Crippen LogP) is 1.98. The lowest BCUT2D eigenvalue weighted by Gasteiger charge is -2.28. The van der Waals surface area contributed by atoms with Crippen molar-refractivity contribution in [3.63, 3.8) is 0 Å². The van der Waals surface area contributed by atoms with Crippen molar-refractivity contribution >= 4 is 5.82 Å². The Labute approximate surface area is 116 Å². The van der Waals surface area contributed by atoms with E-state index in [-0.39, 0.29) is 6.04 Å². The summed E-state index contributed by atoms with van der Waals surface area (Å²) in [5.74, 6) is 1.00. The third kappa shape index (κ3) is 4.48. The fourth-order valence-electron chi connectivity index (χ4n) is 2.49. The minimum absolute atomic E-state index is 0.181. The zero-order chi connectivity index (χ0) is 13.7. The van der Waals surface area contributed by atoms with Crippen LogP contribution in [0.4, 0.5) is 5.82 Å². The fraction of sp³-hybridized carbons (Fsp3) is 0.667. The van der Waals surface area contributed by atoms with E-state index < -0.39 is 0 Å². The van der Waals surface area contributed by atoms with Crippen LogP contribution in [-0.2, 0) is 11.2 Å². The summed E-state index contributed by atoms with van der Waals surface area (Å²) in [5, 5.41) is 0. The molecule has 1 aliphatic rings. The molecule has 2 unspecified atom stereocenters. The van der Waals surface area contributed by atoms with Crippen LogP contribution in [0.15, 0.2) is 18.3 Å². The first kappa shape index (κ1) is 14.3. The molecule has 0 aromatic carbocycles. The molecule has 19 heavy (non-hydrogen) atoms. The van der Waals surface area contributed by atoms with Crippen molar-refractivity contribution in [2.75, 3.05) is 25.1 Å². The van der Waals surface area contributed by atoms with Crippen LogP contribution in [-0.4, -0.2) is 37.3 Å². The highest BCUT2D eigenvalue weighted by Gasteiger charge is 2.16. The molecule has 106 valence electrons. The van der Waals surface area contributed by atoms with Gasteiger partial charge < -0.3 is 15.4 Å². The maximum atomic E-state index is 5.79. The number of pyridine rings is 1. The first-order valence-corrected chi connectivity index (χ1v) is 7.18. The van der Waals surface area contributed by atoms with Crippen LogP contribution in [0, 0.1) is 0 Å². The van der Waals surface area contributed by atoms with Gasteiger partial charge in [0.1, 0.15) is 5.82 Å². The van der Waals surface area contributed by atoms with Gasteiger partial charge in [-0.15, -0.1) is 0 Å². The highest BCUT2D eigenvalue weighted by molar-refractivity contribution is 5.38. The van der Waals surface area contributed by atoms with E-state index in [1.54, 1.807) is 0 Å². The predicted molar refractivity (Wildman–Crippen MR) is 78.5 cm³/mol. The van der Waals surface area contributed by atoms with Gasteiger partial charge in [-0.05, 0) is 44.2 Å². The monoisotopic (exact) mass is 263 g/mol. The van der Waals surface area contributed by atoms with E-state index in [1.165, 1.54) is 18.4 Å². The molecule has 4 heteroatoms. The summed E-state index contributed by atoms with van der Waals surface area (Å²) in [4.78, 5) is 6.68. The number of aromatic nitrogens is 1. The maximum Gasteiger partial charge on any atom is 0.128 e. The number of hydrogen-bond donors (Lipinski definition) is 1. The van der Waals surface area contributed by atoms with E-state index in [9.17, 15) is 0 Å². The quantitative estimate of drug-likeness (QED) is 0.882. The summed E-state index contributed by atoms with van der Waals surface area (Å²) in [6.07, 6.45) is 6.79. The average molecular weight is 263 g/mol. The molecule has 2 N–H and O–H groups in total. The van der Waals surface area contributed by atoms with Gasteiger partial charge in [-0.2, -0.15) is 0 Å². The first-order chi connectivity index (χ1) is 9.15. The van der Waals surface area contributed by atoms with Crippen molar-refractivity contribution in [1.82, 2.24) is 4.98 Å². The highest BCUT2D eigenvalue weighted by atomic mass is 16.5. The van der Waals surface area contributed by atoms with Crippen molar-refractivity contribution in [2.24, 2.45) is 5.73 Å². The average Bonchev–Trinajstić information content (AvgIpc) is 2.40. The minimum Gasteiger partial charge on any atom is -0.376 e. The smallest absolute Gasteiger partial charge is 0.128 e. The number of hydrogen-bond acceptors (Lipinski definition) is 4. The van der Waals surface area contributed by atoms with Crippen LogP contribution in [0.2, 0.25) is 0 Å². The van der Waals surface area contributed by atoms with Gasteiger partial charge in [0.15, 0.2) is 0 Å². The van der Waals surface area contributed by atoms with Gasteiger partial charge in [-0.3, -0.25) is 0 Å². The third-order valence-electron chi connectivity index (χ3n) is 3.51. The molecule has 2 rings (SSSR count). The van der Waals surface area contributed by atoms with Gasteiger partial charge >= 0.3 is 0 Å². The Balaban J connectivity index is 1.89. The van der Waals surface area contributed by atoms with Crippen LogP contribution in [0.3, 0.4) is 0 Å². The van der Waals surface area contributed by atoms with Crippen LogP contribution >= 0.6 is 0 Å². The van der Waals surface area contributed by atoms with Gasteiger partial charge in [0.05, 0.1) is 6.10 Å². The Bertz CT molecular complexity index is 371. The summed E-state index contributed by atoms with van der Waals surface area (Å²) in [6.45, 7) is 3.83. The number of rotatable bonds is 5. The largest absolute Gasteiger partial charge is 0.376 e. The van der Waals surface area contributed by atoms with Crippen molar-refractivity contribution in [1.29, 1.82) is 0 Å². The van der Waals surface area contributed by atoms with E-state index in [2.05, 4.69) is 29.1 Å². The summed E-state index contributed by atoms with van der Waals surface area (Å²) in [7, 11) is 2.07. The molecule has 2 atom stereocenters. The normalized spacial score (nSPS) is 21.1. The Kier molecular flexibility index (Phi) is 5.16. The Morgan fingerprint density at radius 2 is 2.32 bits per heavy atom. The fourth-order valence-corrected chi connectivity index (χ4v) is 2.49. The molecule has 0 bridgehead atoms. The van der Waals surface area contributed by atoms with Crippen molar-refractivity contribution in [3.8, 4) is 0 Å². The van der Waals surface area contributed by atoms with E-state index in [0.717, 1.165) is 31.8 Å². The standard InChI is InChI=1S/C15H25N3O/c1-12(16)9-13-6-7-15(17-10-13)18(2)11-14-5-3-4-8-19-14/h6-7,10,12,14H,3-5,8-9,11,16H2,1-2H3. The van der Waals surface area contributed by atoms with Crippen molar-refractivity contribution in [2.45, 2.75) is 44.8 Å². The summed E-state index contributed by atoms with van der Waals surface area (Å²) < 4.78 is 5.76. The molecular weight excluding hydrogens is 238 g/mol. The molecule has 0 saturated carbocycles. The summed E-state index contributed by atoms with van der Waals surface area (Å²) in [6, 6.07) is 4.37. The topological polar surface area (TPSA) is 51.4 Å². The molecule has 0 radical (unpaired) electrons. The minimum atomic E-state index is 0.181. The molecule has 1 aliphatic heterocycles. The lowest BCUT2D eigenvalue weighted by molar-refractivity contribution is 0.0215. The molecule has 1 aromatic rings. The van der Waals surface area contributed by atoms with Gasteiger partial charge in [0.25, 0.3) is 0 Å². The summed E-state index contributed by atoms with van der Waals surface area (Å²) >= 11 is 0. The molecule has 0 aliphatic carbocycles. The maximum absolute atomic E-state index is 5.79. The van der Waals surface area contributed by atoms with Gasteiger partial charge in [0.2, 0.25) is 0 Å². The van der Waals surface area contributed by atoms with Crippen molar-refractivity contribution in [3.05, 3.63) is 23.9 Å². The van der Waals surface area contributed by atoms with Gasteiger partial charge in [0, 0.05) is 32.4 Å². The molecule has 0 spiro atoms. The lowest BCUT2D eigenvalue weighted by atomic mass is 10.1. The Morgan fingerprint density at radius 1 is 1.47 bits per heavy atom. The molecule has 0 amide bonds. The van der Waals surface area contributed by atoms with E-state index in [4.69, 9.17) is 10.5 Å². The van der Waals surface area contributed by atoms with Gasteiger partial charge in [-0.1, -0.05) is 6.07 Å². The zero-order valence-corrected chi connectivity index (χ0v) is 12.0. The zero-order valence-electron chi connectivity index (χ0n) is 12.0. The Hall–Kier alpha value is -1.13. The van der Waals surface area contributed by atoms with Crippen LogP contribution < -0.4 is 10.6 Å². The number of likely N-dealkylation sites (N-methyl/N-ethyl adjacent to an activating group) is 1. The van der Waals surface area contributed by atoms with Crippen LogP contribution in [0.5, 0.6) is 0 Å². The second-order valence-electron chi connectivity index (χ2n) is 5.58. The number of nitrogens with zero attached hydrogens (tertiary/aromatic N) is 2. The van der Waals surface area contributed by atoms with E-state index in [0.29, 0.717) is 6.10 Å².